The zero-order valence-corrected chi connectivity index (χ0v) is 15.0. The van der Waals surface area contributed by atoms with Gasteiger partial charge in [-0.05, 0) is 31.9 Å². The Balaban J connectivity index is 1.70. The first kappa shape index (κ1) is 14.9. The van der Waals surface area contributed by atoms with Gasteiger partial charge in [0.25, 0.3) is 0 Å². The second-order valence-electron chi connectivity index (χ2n) is 5.96. The fourth-order valence-corrected chi connectivity index (χ4v) is 4.17. The number of hydrogen-bond donors (Lipinski definition) is 2. The van der Waals surface area contributed by atoms with E-state index in [1.54, 1.807) is 11.3 Å². The lowest BCUT2D eigenvalue weighted by Crippen LogP contribution is -2.28. The van der Waals surface area contributed by atoms with E-state index in [4.69, 9.17) is 10.4 Å². The van der Waals surface area contributed by atoms with E-state index in [0.717, 1.165) is 38.5 Å². The molecule has 23 heavy (non-hydrogen) atoms. The van der Waals surface area contributed by atoms with E-state index in [1.165, 1.54) is 0 Å². The normalized spacial score (nSPS) is 18.2. The number of aliphatic hydroxyl groups is 1. The molecule has 4 rings (SSSR count). The van der Waals surface area contributed by atoms with Gasteiger partial charge in [-0.3, -0.25) is 5.41 Å². The van der Waals surface area contributed by atoms with Crippen molar-refractivity contribution in [3.8, 4) is 11.3 Å². The third-order valence-electron chi connectivity index (χ3n) is 4.25. The molecule has 0 unspecified atom stereocenters. The van der Waals surface area contributed by atoms with E-state index in [-0.39, 0.29) is 5.76 Å². The summed E-state index contributed by atoms with van der Waals surface area (Å²) in [7, 11) is 0. The highest BCUT2D eigenvalue weighted by Crippen LogP contribution is 2.39. The number of amidine groups is 1. The van der Waals surface area contributed by atoms with Crippen molar-refractivity contribution in [1.29, 1.82) is 5.41 Å². The maximum absolute atomic E-state index is 10.3. The molecule has 1 saturated carbocycles. The van der Waals surface area contributed by atoms with Crippen LogP contribution in [0.15, 0.2) is 34.5 Å². The third-order valence-corrected chi connectivity index (χ3v) is 5.77. The average molecular weight is 390 g/mol. The van der Waals surface area contributed by atoms with Crippen LogP contribution in [0.3, 0.4) is 0 Å². The smallest absolute Gasteiger partial charge is 0.135 e. The number of thiazole rings is 1. The fourth-order valence-electron chi connectivity index (χ4n) is 2.90. The van der Waals surface area contributed by atoms with Crippen LogP contribution in [-0.2, 0) is 0 Å². The zero-order valence-electron chi connectivity index (χ0n) is 12.6. The summed E-state index contributed by atoms with van der Waals surface area (Å²) >= 11 is 4.99. The van der Waals surface area contributed by atoms with E-state index in [2.05, 4.69) is 15.9 Å². The van der Waals surface area contributed by atoms with Gasteiger partial charge in [0.05, 0.1) is 17.8 Å². The van der Waals surface area contributed by atoms with Crippen LogP contribution >= 0.6 is 27.3 Å². The lowest BCUT2D eigenvalue weighted by Gasteiger charge is -2.16. The van der Waals surface area contributed by atoms with Crippen molar-refractivity contribution in [3.05, 3.63) is 44.4 Å². The van der Waals surface area contributed by atoms with Crippen molar-refractivity contribution in [2.75, 3.05) is 6.54 Å². The summed E-state index contributed by atoms with van der Waals surface area (Å²) in [5.74, 6) is 0.694. The van der Waals surface area contributed by atoms with Gasteiger partial charge in [0.15, 0.2) is 0 Å². The summed E-state index contributed by atoms with van der Waals surface area (Å²) < 4.78 is 1.03. The van der Waals surface area contributed by atoms with Gasteiger partial charge in [0.2, 0.25) is 0 Å². The Morgan fingerprint density at radius 1 is 1.30 bits per heavy atom. The van der Waals surface area contributed by atoms with E-state index < -0.39 is 0 Å². The standard InChI is InChI=1S/C17H16BrN3OS/c1-9-15(10-2-4-11(18)5-3-10)20-17(23-9)14-13(22)8-21(16(14)19)12-6-7-12/h2-5,12,19,22H,6-8H2,1H3. The van der Waals surface area contributed by atoms with Gasteiger partial charge in [-0.25, -0.2) is 4.98 Å². The SMILES string of the molecule is Cc1sc(C2=C(O)CN(C3CC3)C2=N)nc1-c1ccc(Br)cc1. The van der Waals surface area contributed by atoms with Crippen LogP contribution < -0.4 is 0 Å². The number of nitrogens with zero attached hydrogens (tertiary/aromatic N) is 2. The fraction of sp³-hybridized carbons (Fsp3) is 0.294. The van der Waals surface area contributed by atoms with Crippen molar-refractivity contribution in [2.45, 2.75) is 25.8 Å². The van der Waals surface area contributed by atoms with E-state index in [9.17, 15) is 5.11 Å². The molecular weight excluding hydrogens is 374 g/mol. The first-order valence-electron chi connectivity index (χ1n) is 7.56. The van der Waals surface area contributed by atoms with Gasteiger partial charge in [-0.2, -0.15) is 0 Å². The van der Waals surface area contributed by atoms with Gasteiger partial charge in [-0.15, -0.1) is 11.3 Å². The van der Waals surface area contributed by atoms with Crippen LogP contribution in [0, 0.1) is 12.3 Å². The van der Waals surface area contributed by atoms with E-state index in [1.807, 2.05) is 36.1 Å². The van der Waals surface area contributed by atoms with E-state index >= 15 is 0 Å². The molecule has 6 heteroatoms. The summed E-state index contributed by atoms with van der Waals surface area (Å²) in [6.07, 6.45) is 2.23. The molecule has 0 atom stereocenters. The van der Waals surface area contributed by atoms with Crippen LogP contribution in [0.5, 0.6) is 0 Å². The van der Waals surface area contributed by atoms with Crippen LogP contribution in [-0.4, -0.2) is 33.4 Å². The van der Waals surface area contributed by atoms with Crippen LogP contribution in [0.1, 0.15) is 22.7 Å². The molecule has 1 aromatic carbocycles. The average Bonchev–Trinajstić information content (AvgIpc) is 3.23. The van der Waals surface area contributed by atoms with Crippen LogP contribution in [0.4, 0.5) is 0 Å². The number of rotatable bonds is 3. The highest BCUT2D eigenvalue weighted by molar-refractivity contribution is 9.10. The second-order valence-corrected chi connectivity index (χ2v) is 8.08. The minimum atomic E-state index is 0.276. The molecule has 0 amide bonds. The number of hydrogen-bond acceptors (Lipinski definition) is 4. The molecule has 118 valence electrons. The summed E-state index contributed by atoms with van der Waals surface area (Å²) in [5.41, 5.74) is 2.58. The number of aromatic nitrogens is 1. The molecule has 1 aliphatic carbocycles. The highest BCUT2D eigenvalue weighted by Gasteiger charge is 2.39. The van der Waals surface area contributed by atoms with Crippen molar-refractivity contribution < 1.29 is 5.11 Å². The Morgan fingerprint density at radius 2 is 2.00 bits per heavy atom. The molecule has 1 aromatic heterocycles. The van der Waals surface area contributed by atoms with Crippen molar-refractivity contribution in [1.82, 2.24) is 9.88 Å². The molecule has 4 nitrogen and oxygen atoms in total. The lowest BCUT2D eigenvalue weighted by atomic mass is 10.1. The van der Waals surface area contributed by atoms with Crippen LogP contribution in [0.25, 0.3) is 16.8 Å². The highest BCUT2D eigenvalue weighted by atomic mass is 79.9. The molecule has 2 aliphatic rings. The lowest BCUT2D eigenvalue weighted by molar-refractivity contribution is 0.345. The Hall–Kier alpha value is -1.66. The Bertz CT molecular complexity index is 821. The quantitative estimate of drug-likeness (QED) is 0.805. The maximum atomic E-state index is 10.3. The third kappa shape index (κ3) is 2.60. The van der Waals surface area contributed by atoms with Crippen molar-refractivity contribution in [2.24, 2.45) is 0 Å². The predicted molar refractivity (Wildman–Crippen MR) is 97.0 cm³/mol. The summed E-state index contributed by atoms with van der Waals surface area (Å²) in [5, 5.41) is 19.4. The topological polar surface area (TPSA) is 60.2 Å². The number of benzene rings is 1. The Labute approximate surface area is 147 Å². The predicted octanol–water partition coefficient (Wildman–Crippen LogP) is 4.61. The minimum absolute atomic E-state index is 0.276. The second kappa shape index (κ2) is 5.46. The molecule has 0 bridgehead atoms. The first-order valence-corrected chi connectivity index (χ1v) is 9.17. The molecular formula is C17H16BrN3OS. The Kier molecular flexibility index (Phi) is 3.54. The number of aliphatic hydroxyl groups excluding tert-OH is 1. The van der Waals surface area contributed by atoms with Gasteiger partial charge in [0, 0.05) is 21.0 Å². The Morgan fingerprint density at radius 3 is 2.65 bits per heavy atom. The number of aryl methyl sites for hydroxylation is 1. The zero-order chi connectivity index (χ0) is 16.1. The van der Waals surface area contributed by atoms with Gasteiger partial charge in [0.1, 0.15) is 16.6 Å². The molecule has 2 N–H and O–H groups in total. The van der Waals surface area contributed by atoms with Crippen molar-refractivity contribution in [3.63, 3.8) is 0 Å². The van der Waals surface area contributed by atoms with Gasteiger partial charge >= 0.3 is 0 Å². The molecule has 0 saturated heterocycles. The minimum Gasteiger partial charge on any atom is -0.510 e. The molecule has 1 aliphatic heterocycles. The molecule has 0 radical (unpaired) electrons. The first-order chi connectivity index (χ1) is 11.0. The molecule has 1 fully saturated rings. The van der Waals surface area contributed by atoms with Gasteiger partial charge in [-0.1, -0.05) is 28.1 Å². The van der Waals surface area contributed by atoms with Crippen molar-refractivity contribution >= 4 is 38.7 Å². The summed E-state index contributed by atoms with van der Waals surface area (Å²) in [4.78, 5) is 7.81. The molecule has 2 aromatic rings. The van der Waals surface area contributed by atoms with Gasteiger partial charge < -0.3 is 10.0 Å². The number of nitrogens with one attached hydrogen (secondary N) is 1. The largest absolute Gasteiger partial charge is 0.510 e. The maximum Gasteiger partial charge on any atom is 0.135 e. The molecule has 2 heterocycles. The summed E-state index contributed by atoms with van der Waals surface area (Å²) in [6, 6.07) is 8.48. The monoisotopic (exact) mass is 389 g/mol. The number of halogens is 1. The molecule has 0 spiro atoms. The summed E-state index contributed by atoms with van der Waals surface area (Å²) in [6.45, 7) is 2.48. The van der Waals surface area contributed by atoms with E-state index in [0.29, 0.717) is 24.0 Å². The van der Waals surface area contributed by atoms with Crippen LogP contribution in [0.2, 0.25) is 0 Å².